The molecule has 0 unspecified atom stereocenters. The van der Waals surface area contributed by atoms with Crippen molar-refractivity contribution in [2.45, 2.75) is 11.5 Å². The summed E-state index contributed by atoms with van der Waals surface area (Å²) in [7, 11) is 0. The Hall–Kier alpha value is -1.07. The summed E-state index contributed by atoms with van der Waals surface area (Å²) in [6.45, 7) is 0. The summed E-state index contributed by atoms with van der Waals surface area (Å²) in [4.78, 5) is 4.17. The van der Waals surface area contributed by atoms with Crippen molar-refractivity contribution in [2.24, 2.45) is 0 Å². The van der Waals surface area contributed by atoms with Gasteiger partial charge < -0.3 is 5.73 Å². The number of rotatable bonds is 4. The predicted molar refractivity (Wildman–Crippen MR) is 67.9 cm³/mol. The highest BCUT2D eigenvalue weighted by atomic mass is 32.2. The number of aromatic nitrogens is 1. The summed E-state index contributed by atoms with van der Waals surface area (Å²) in [5, 5.41) is 2.57. The van der Waals surface area contributed by atoms with Crippen molar-refractivity contribution >= 4 is 28.2 Å². The van der Waals surface area contributed by atoms with Gasteiger partial charge in [-0.3, -0.25) is 0 Å². The second kappa shape index (κ2) is 5.32. The van der Waals surface area contributed by atoms with Crippen molar-refractivity contribution in [1.82, 2.24) is 4.98 Å². The van der Waals surface area contributed by atoms with Crippen molar-refractivity contribution in [2.75, 3.05) is 5.73 Å². The Labute approximate surface area is 102 Å². The van der Waals surface area contributed by atoms with E-state index in [0.717, 1.165) is 22.8 Å². The average Bonchev–Trinajstić information content (AvgIpc) is 2.67. The summed E-state index contributed by atoms with van der Waals surface area (Å²) in [5.41, 5.74) is 7.66. The van der Waals surface area contributed by atoms with Gasteiger partial charge in [-0.1, -0.05) is 12.1 Å². The second-order valence-electron chi connectivity index (χ2n) is 3.30. The van der Waals surface area contributed by atoms with Gasteiger partial charge in [0.2, 0.25) is 0 Å². The van der Waals surface area contributed by atoms with Gasteiger partial charge >= 0.3 is 0 Å². The molecule has 1 aromatic heterocycles. The van der Waals surface area contributed by atoms with Crippen LogP contribution in [0.2, 0.25) is 0 Å². The lowest BCUT2D eigenvalue weighted by molar-refractivity contribution is 0.627. The van der Waals surface area contributed by atoms with Gasteiger partial charge in [-0.2, -0.15) is 11.8 Å². The van der Waals surface area contributed by atoms with Gasteiger partial charge in [0.25, 0.3) is 0 Å². The Kier molecular flexibility index (Phi) is 3.79. The molecule has 0 atom stereocenters. The van der Waals surface area contributed by atoms with Crippen LogP contribution in [0.3, 0.4) is 0 Å². The lowest BCUT2D eigenvalue weighted by Gasteiger charge is -1.99. The zero-order valence-electron chi connectivity index (χ0n) is 8.52. The first kappa shape index (κ1) is 11.4. The molecular formula is C11H11FN2S2. The fourth-order valence-corrected chi connectivity index (χ4v) is 2.80. The highest BCUT2D eigenvalue weighted by molar-refractivity contribution is 7.97. The maximum atomic E-state index is 12.6. The summed E-state index contributed by atoms with van der Waals surface area (Å²) in [6.07, 6.45) is 0. The van der Waals surface area contributed by atoms with E-state index in [1.54, 1.807) is 23.9 Å². The van der Waals surface area contributed by atoms with Crippen LogP contribution in [0.1, 0.15) is 11.3 Å². The van der Waals surface area contributed by atoms with Crippen LogP contribution >= 0.6 is 23.1 Å². The molecule has 0 aliphatic carbocycles. The maximum absolute atomic E-state index is 12.6. The number of nitrogen functional groups attached to an aromatic ring is 1. The monoisotopic (exact) mass is 254 g/mol. The van der Waals surface area contributed by atoms with E-state index in [0.29, 0.717) is 5.13 Å². The number of nitrogens with zero attached hydrogens (tertiary/aromatic N) is 1. The highest BCUT2D eigenvalue weighted by Crippen LogP contribution is 2.20. The molecule has 0 saturated heterocycles. The van der Waals surface area contributed by atoms with Crippen LogP contribution in [-0.4, -0.2) is 4.98 Å². The van der Waals surface area contributed by atoms with Gasteiger partial charge in [-0.05, 0) is 17.7 Å². The summed E-state index contributed by atoms with van der Waals surface area (Å²) in [5.74, 6) is 1.50. The number of thiazole rings is 1. The zero-order valence-corrected chi connectivity index (χ0v) is 10.2. The van der Waals surface area contributed by atoms with Crippen LogP contribution in [0.25, 0.3) is 0 Å². The standard InChI is InChI=1S/C11H11FN2S2/c12-9-3-1-8(2-4-9)5-15-6-10-7-16-11(13)14-10/h1-4,7H,5-6H2,(H2,13,14). The maximum Gasteiger partial charge on any atom is 0.180 e. The largest absolute Gasteiger partial charge is 0.375 e. The lowest BCUT2D eigenvalue weighted by Crippen LogP contribution is -1.86. The van der Waals surface area contributed by atoms with Gasteiger partial charge in [-0.15, -0.1) is 11.3 Å². The first-order valence-corrected chi connectivity index (χ1v) is 6.79. The third kappa shape index (κ3) is 3.21. The SMILES string of the molecule is Nc1nc(CSCc2ccc(F)cc2)cs1. The molecule has 1 heterocycles. The fourth-order valence-electron chi connectivity index (χ4n) is 1.24. The summed E-state index contributed by atoms with van der Waals surface area (Å²) < 4.78 is 12.6. The molecule has 2 nitrogen and oxygen atoms in total. The van der Waals surface area contributed by atoms with Crippen molar-refractivity contribution in [3.8, 4) is 0 Å². The summed E-state index contributed by atoms with van der Waals surface area (Å²) >= 11 is 3.20. The van der Waals surface area contributed by atoms with Gasteiger partial charge in [0.1, 0.15) is 5.82 Å². The molecule has 2 aromatic rings. The molecule has 16 heavy (non-hydrogen) atoms. The van der Waals surface area contributed by atoms with Gasteiger partial charge in [-0.25, -0.2) is 9.37 Å². The molecule has 2 rings (SSSR count). The number of benzene rings is 1. The molecule has 0 saturated carbocycles. The Morgan fingerprint density at radius 3 is 2.62 bits per heavy atom. The molecule has 84 valence electrons. The van der Waals surface area contributed by atoms with Crippen molar-refractivity contribution in [1.29, 1.82) is 0 Å². The van der Waals surface area contributed by atoms with Crippen LogP contribution in [0, 0.1) is 5.82 Å². The second-order valence-corrected chi connectivity index (χ2v) is 5.17. The average molecular weight is 254 g/mol. The zero-order chi connectivity index (χ0) is 11.4. The predicted octanol–water partition coefficient (Wildman–Crippen LogP) is 3.30. The molecule has 1 aromatic carbocycles. The number of hydrogen-bond donors (Lipinski definition) is 1. The molecule has 0 aliphatic rings. The smallest absolute Gasteiger partial charge is 0.180 e. The molecular weight excluding hydrogens is 243 g/mol. The van der Waals surface area contributed by atoms with Crippen molar-refractivity contribution in [3.63, 3.8) is 0 Å². The first-order valence-electron chi connectivity index (χ1n) is 4.76. The van der Waals surface area contributed by atoms with Crippen molar-refractivity contribution in [3.05, 3.63) is 46.7 Å². The highest BCUT2D eigenvalue weighted by Gasteiger charge is 2.00. The van der Waals surface area contributed by atoms with Crippen LogP contribution in [0.4, 0.5) is 9.52 Å². The normalized spacial score (nSPS) is 10.6. The number of thioether (sulfide) groups is 1. The minimum Gasteiger partial charge on any atom is -0.375 e. The van der Waals surface area contributed by atoms with E-state index < -0.39 is 0 Å². The van der Waals surface area contributed by atoms with E-state index in [1.807, 2.05) is 5.38 Å². The van der Waals surface area contributed by atoms with E-state index in [9.17, 15) is 4.39 Å². The van der Waals surface area contributed by atoms with Crippen LogP contribution in [0.5, 0.6) is 0 Å². The molecule has 0 radical (unpaired) electrons. The van der Waals surface area contributed by atoms with Gasteiger partial charge in [0, 0.05) is 16.9 Å². The van der Waals surface area contributed by atoms with E-state index in [1.165, 1.54) is 23.5 Å². The van der Waals surface area contributed by atoms with Gasteiger partial charge in [0.15, 0.2) is 5.13 Å². The van der Waals surface area contributed by atoms with Gasteiger partial charge in [0.05, 0.1) is 5.69 Å². The molecule has 5 heteroatoms. The minimum absolute atomic E-state index is 0.193. The lowest BCUT2D eigenvalue weighted by atomic mass is 10.2. The Morgan fingerprint density at radius 2 is 2.00 bits per heavy atom. The number of halogens is 1. The number of anilines is 1. The third-order valence-corrected chi connectivity index (χ3v) is 3.76. The molecule has 0 fully saturated rings. The molecule has 0 spiro atoms. The number of nitrogens with two attached hydrogens (primary N) is 1. The summed E-state index contributed by atoms with van der Waals surface area (Å²) in [6, 6.07) is 6.57. The van der Waals surface area contributed by atoms with E-state index in [4.69, 9.17) is 5.73 Å². The third-order valence-electron chi connectivity index (χ3n) is 2.00. The topological polar surface area (TPSA) is 38.9 Å². The number of hydrogen-bond acceptors (Lipinski definition) is 4. The fraction of sp³-hybridized carbons (Fsp3) is 0.182. The van der Waals surface area contributed by atoms with E-state index >= 15 is 0 Å². The molecule has 2 N–H and O–H groups in total. The van der Waals surface area contributed by atoms with Crippen LogP contribution in [0.15, 0.2) is 29.6 Å². The van der Waals surface area contributed by atoms with E-state index in [2.05, 4.69) is 4.98 Å². The van der Waals surface area contributed by atoms with Crippen molar-refractivity contribution < 1.29 is 4.39 Å². The molecule has 0 aliphatic heterocycles. The Balaban J connectivity index is 1.82. The molecule has 0 amide bonds. The Bertz CT molecular complexity index is 453. The minimum atomic E-state index is -0.193. The quantitative estimate of drug-likeness (QED) is 0.910. The first-order chi connectivity index (χ1) is 7.74. The Morgan fingerprint density at radius 1 is 1.25 bits per heavy atom. The van der Waals surface area contributed by atoms with Crippen LogP contribution in [-0.2, 0) is 11.5 Å². The van der Waals surface area contributed by atoms with Crippen LogP contribution < -0.4 is 5.73 Å². The molecule has 0 bridgehead atoms. The van der Waals surface area contributed by atoms with E-state index in [-0.39, 0.29) is 5.82 Å².